The number of carbonyl (C=O) groups excluding carboxylic acids is 6. The lowest BCUT2D eigenvalue weighted by Gasteiger charge is -2.16. The molecule has 2 rings (SSSR count). The molecule has 2 unspecified atom stereocenters. The second kappa shape index (κ2) is 13.6. The van der Waals surface area contributed by atoms with Gasteiger partial charge in [0.1, 0.15) is 0 Å². The molecule has 184 valence electrons. The van der Waals surface area contributed by atoms with Gasteiger partial charge in [-0.2, -0.15) is 25.3 Å². The highest BCUT2D eigenvalue weighted by Crippen LogP contribution is 2.29. The van der Waals surface area contributed by atoms with E-state index in [0.29, 0.717) is 43.9 Å². The fourth-order valence-electron chi connectivity index (χ4n) is 4.03. The van der Waals surface area contributed by atoms with Crippen LogP contribution in [0.15, 0.2) is 0 Å². The number of amides is 6. The largest absolute Gasteiger partial charge is 0.355 e. The maximum atomic E-state index is 12.6. The van der Waals surface area contributed by atoms with E-state index in [1.54, 1.807) is 0 Å². The summed E-state index contributed by atoms with van der Waals surface area (Å²) in [6, 6.07) is 0. The molecule has 2 saturated heterocycles. The number of likely N-dealkylation sites (tertiary alicyclic amines) is 2. The molecule has 2 heterocycles. The Hall–Kier alpha value is -2.08. The topological polar surface area (TPSA) is 133 Å². The zero-order valence-electron chi connectivity index (χ0n) is 18.6. The van der Waals surface area contributed by atoms with Crippen molar-refractivity contribution in [2.75, 3.05) is 37.7 Å². The van der Waals surface area contributed by atoms with Crippen molar-refractivity contribution in [3.05, 3.63) is 0 Å². The molecule has 0 bridgehead atoms. The maximum Gasteiger partial charge on any atom is 0.232 e. The van der Waals surface area contributed by atoms with Gasteiger partial charge in [0.25, 0.3) is 0 Å². The van der Waals surface area contributed by atoms with Crippen molar-refractivity contribution < 1.29 is 28.8 Å². The van der Waals surface area contributed by atoms with Crippen LogP contribution < -0.4 is 10.6 Å². The third-order valence-electron chi connectivity index (χ3n) is 5.77. The van der Waals surface area contributed by atoms with E-state index >= 15 is 0 Å². The quantitative estimate of drug-likeness (QED) is 0.193. The van der Waals surface area contributed by atoms with E-state index in [2.05, 4.69) is 35.9 Å². The van der Waals surface area contributed by atoms with Gasteiger partial charge < -0.3 is 10.6 Å². The van der Waals surface area contributed by atoms with Crippen LogP contribution in [0.4, 0.5) is 0 Å². The Morgan fingerprint density at radius 2 is 1.15 bits per heavy atom. The third kappa shape index (κ3) is 8.02. The third-order valence-corrected chi connectivity index (χ3v) is 6.22. The molecular weight excluding hydrogens is 468 g/mol. The molecule has 6 amide bonds. The molecule has 12 heteroatoms. The summed E-state index contributed by atoms with van der Waals surface area (Å²) in [6.07, 6.45) is 1.72. The second-order valence-corrected chi connectivity index (χ2v) is 9.04. The highest BCUT2D eigenvalue weighted by molar-refractivity contribution is 7.80. The predicted molar refractivity (Wildman–Crippen MR) is 126 cm³/mol. The standard InChI is InChI=1S/C21H32N4O6S2/c26-16(22-6-10-32)4-8-24-18(28)12-14(20(24)30)2-1-3-15-13-19(29)25(21(15)31)9-5-17(27)23-7-11-33/h14-15,32-33H,1-13H2,(H,22,26)(H,23,27). The Morgan fingerprint density at radius 1 is 0.758 bits per heavy atom. The highest BCUT2D eigenvalue weighted by Gasteiger charge is 2.40. The fraction of sp³-hybridized carbons (Fsp3) is 0.714. The van der Waals surface area contributed by atoms with Crippen molar-refractivity contribution in [3.63, 3.8) is 0 Å². The molecule has 0 saturated carbocycles. The molecule has 2 fully saturated rings. The number of hydrogen-bond donors (Lipinski definition) is 4. The van der Waals surface area contributed by atoms with Crippen molar-refractivity contribution in [2.24, 2.45) is 11.8 Å². The lowest BCUT2D eigenvalue weighted by atomic mass is 9.94. The van der Waals surface area contributed by atoms with Crippen LogP contribution in [0.2, 0.25) is 0 Å². The fourth-order valence-corrected chi connectivity index (χ4v) is 4.25. The van der Waals surface area contributed by atoms with Crippen LogP contribution in [-0.2, 0) is 28.8 Å². The Kier molecular flexibility index (Phi) is 11.2. The molecule has 2 aliphatic rings. The first kappa shape index (κ1) is 27.2. The number of thiol groups is 2. The molecule has 0 aliphatic carbocycles. The molecule has 10 nitrogen and oxygen atoms in total. The predicted octanol–water partition coefficient (Wildman–Crippen LogP) is -0.221. The summed E-state index contributed by atoms with van der Waals surface area (Å²) in [7, 11) is 0. The Labute approximate surface area is 204 Å². The summed E-state index contributed by atoms with van der Waals surface area (Å²) in [4.78, 5) is 75.2. The van der Waals surface area contributed by atoms with E-state index in [1.807, 2.05) is 0 Å². The summed E-state index contributed by atoms with van der Waals surface area (Å²) in [5.41, 5.74) is 0. The van der Waals surface area contributed by atoms with Gasteiger partial charge >= 0.3 is 0 Å². The van der Waals surface area contributed by atoms with E-state index in [1.165, 1.54) is 0 Å². The van der Waals surface area contributed by atoms with E-state index in [0.717, 1.165) is 9.80 Å². The lowest BCUT2D eigenvalue weighted by molar-refractivity contribution is -0.141. The zero-order chi connectivity index (χ0) is 24.4. The minimum Gasteiger partial charge on any atom is -0.355 e. The van der Waals surface area contributed by atoms with Crippen LogP contribution in [0.1, 0.15) is 44.9 Å². The number of hydrogen-bond acceptors (Lipinski definition) is 8. The molecule has 2 atom stereocenters. The van der Waals surface area contributed by atoms with Gasteiger partial charge in [0.05, 0.1) is 0 Å². The van der Waals surface area contributed by atoms with Crippen molar-refractivity contribution in [2.45, 2.75) is 44.9 Å². The smallest absolute Gasteiger partial charge is 0.232 e. The van der Waals surface area contributed by atoms with Crippen LogP contribution in [0, 0.1) is 11.8 Å². The van der Waals surface area contributed by atoms with E-state index < -0.39 is 11.8 Å². The Balaban J connectivity index is 1.74. The van der Waals surface area contributed by atoms with Crippen LogP contribution in [0.25, 0.3) is 0 Å². The molecule has 0 radical (unpaired) electrons. The number of imide groups is 2. The van der Waals surface area contributed by atoms with Crippen molar-refractivity contribution in [1.82, 2.24) is 20.4 Å². The minimum absolute atomic E-state index is 0.0543. The van der Waals surface area contributed by atoms with Crippen molar-refractivity contribution >= 4 is 60.7 Å². The van der Waals surface area contributed by atoms with Gasteiger partial charge in [0.15, 0.2) is 0 Å². The van der Waals surface area contributed by atoms with E-state index in [9.17, 15) is 28.8 Å². The number of nitrogens with one attached hydrogen (secondary N) is 2. The monoisotopic (exact) mass is 500 g/mol. The second-order valence-electron chi connectivity index (χ2n) is 8.15. The summed E-state index contributed by atoms with van der Waals surface area (Å²) < 4.78 is 0. The van der Waals surface area contributed by atoms with Gasteiger partial charge in [-0.3, -0.25) is 38.6 Å². The number of rotatable bonds is 14. The average Bonchev–Trinajstić information content (AvgIpc) is 3.21. The van der Waals surface area contributed by atoms with Gasteiger partial charge in [-0.1, -0.05) is 6.42 Å². The molecule has 0 aromatic carbocycles. The van der Waals surface area contributed by atoms with Crippen molar-refractivity contribution in [3.8, 4) is 0 Å². The number of nitrogens with zero attached hydrogens (tertiary/aromatic N) is 2. The minimum atomic E-state index is -0.461. The average molecular weight is 501 g/mol. The van der Waals surface area contributed by atoms with Crippen LogP contribution in [-0.4, -0.2) is 82.9 Å². The molecule has 33 heavy (non-hydrogen) atoms. The molecule has 2 aliphatic heterocycles. The van der Waals surface area contributed by atoms with Gasteiger partial charge in [-0.25, -0.2) is 0 Å². The molecule has 0 spiro atoms. The normalized spacial score (nSPS) is 20.7. The van der Waals surface area contributed by atoms with Gasteiger partial charge in [0, 0.05) is 75.2 Å². The molecule has 0 aromatic heterocycles. The molecule has 2 N–H and O–H groups in total. The van der Waals surface area contributed by atoms with E-state index in [-0.39, 0.29) is 74.2 Å². The first-order valence-corrected chi connectivity index (χ1v) is 12.5. The van der Waals surface area contributed by atoms with Crippen molar-refractivity contribution in [1.29, 1.82) is 0 Å². The van der Waals surface area contributed by atoms with Gasteiger partial charge in [-0.05, 0) is 12.8 Å². The summed E-state index contributed by atoms with van der Waals surface area (Å²) >= 11 is 8.01. The highest BCUT2D eigenvalue weighted by atomic mass is 32.1. The summed E-state index contributed by atoms with van der Waals surface area (Å²) in [5.74, 6) is -1.53. The summed E-state index contributed by atoms with van der Waals surface area (Å²) in [5, 5.41) is 5.29. The first-order chi connectivity index (χ1) is 15.8. The van der Waals surface area contributed by atoms with Crippen LogP contribution in [0.3, 0.4) is 0 Å². The molecule has 0 aromatic rings. The number of carbonyl (C=O) groups is 6. The van der Waals surface area contributed by atoms with E-state index in [4.69, 9.17) is 0 Å². The SMILES string of the molecule is O=C(CCN1C(=O)CC(CCCC2CC(=O)N(CCC(=O)NCCS)C2=O)C1=O)NCCS. The maximum absolute atomic E-state index is 12.6. The van der Waals surface area contributed by atoms with Gasteiger partial charge in [-0.15, -0.1) is 0 Å². The first-order valence-electron chi connectivity index (χ1n) is 11.2. The van der Waals surface area contributed by atoms with Gasteiger partial charge in [0.2, 0.25) is 35.4 Å². The van der Waals surface area contributed by atoms with Crippen LogP contribution in [0.5, 0.6) is 0 Å². The zero-order valence-corrected chi connectivity index (χ0v) is 20.4. The molecular formula is C21H32N4O6S2. The Bertz CT molecular complexity index is 716. The van der Waals surface area contributed by atoms with Crippen LogP contribution >= 0.6 is 25.3 Å². The summed E-state index contributed by atoms with van der Waals surface area (Å²) in [6.45, 7) is 0.961. The lowest BCUT2D eigenvalue weighted by Crippen LogP contribution is -2.35. The Morgan fingerprint density at radius 3 is 1.52 bits per heavy atom.